The van der Waals surface area contributed by atoms with Gasteiger partial charge in [-0.05, 0) is 54.8 Å². The summed E-state index contributed by atoms with van der Waals surface area (Å²) in [6, 6.07) is 16.8. The third-order valence-corrected chi connectivity index (χ3v) is 5.90. The predicted octanol–water partition coefficient (Wildman–Crippen LogP) is 4.60. The Hall–Kier alpha value is -3.28. The zero-order valence-corrected chi connectivity index (χ0v) is 15.3. The van der Waals surface area contributed by atoms with E-state index in [1.54, 1.807) is 0 Å². The molecule has 1 fully saturated rings. The number of hydrogen-bond donors (Lipinski definition) is 2. The average Bonchev–Trinajstić information content (AvgIpc) is 3.37. The number of rotatable bonds is 3. The van der Waals surface area contributed by atoms with Crippen molar-refractivity contribution in [2.45, 2.75) is 31.1 Å². The van der Waals surface area contributed by atoms with Crippen LogP contribution in [-0.4, -0.2) is 20.4 Å². The number of anilines is 1. The van der Waals surface area contributed by atoms with Crippen molar-refractivity contribution in [2.75, 3.05) is 5.73 Å². The van der Waals surface area contributed by atoms with Crippen LogP contribution >= 0.6 is 0 Å². The molecule has 2 aromatic heterocycles. The van der Waals surface area contributed by atoms with Gasteiger partial charge in [0.25, 0.3) is 0 Å². The van der Waals surface area contributed by atoms with E-state index in [2.05, 4.69) is 26.5 Å². The van der Waals surface area contributed by atoms with Crippen LogP contribution in [0.4, 0.5) is 10.2 Å². The summed E-state index contributed by atoms with van der Waals surface area (Å²) in [5.74, 6) is 0.259. The molecule has 0 atom stereocenters. The molecule has 1 saturated carbocycles. The van der Waals surface area contributed by atoms with E-state index >= 15 is 0 Å². The molecule has 0 unspecified atom stereocenters. The fourth-order valence-electron chi connectivity index (χ4n) is 4.38. The third kappa shape index (κ3) is 2.64. The Balaban J connectivity index is 1.54. The second kappa shape index (κ2) is 6.41. The Bertz CT molecular complexity index is 1130. The highest BCUT2D eigenvalue weighted by molar-refractivity contribution is 5.91. The Morgan fingerprint density at radius 2 is 1.71 bits per heavy atom. The summed E-state index contributed by atoms with van der Waals surface area (Å²) in [7, 11) is 0. The molecule has 0 spiro atoms. The van der Waals surface area contributed by atoms with Crippen molar-refractivity contribution in [1.82, 2.24) is 20.4 Å². The van der Waals surface area contributed by atoms with Gasteiger partial charge in [-0.2, -0.15) is 15.3 Å². The highest BCUT2D eigenvalue weighted by atomic mass is 19.1. The molecule has 5 nitrogen and oxygen atoms in total. The SMILES string of the molecule is Nc1n[nH]c2ccc(-c3ccc(C4(c5ccc(F)cc5)CCCC4)nn3)cc12. The van der Waals surface area contributed by atoms with Crippen molar-refractivity contribution in [3.05, 3.63) is 71.7 Å². The van der Waals surface area contributed by atoms with Crippen LogP contribution in [0.5, 0.6) is 0 Å². The number of nitrogens with two attached hydrogens (primary N) is 1. The van der Waals surface area contributed by atoms with Crippen molar-refractivity contribution in [3.63, 3.8) is 0 Å². The molecule has 4 aromatic rings. The van der Waals surface area contributed by atoms with Crippen LogP contribution in [0.25, 0.3) is 22.2 Å². The van der Waals surface area contributed by atoms with Crippen LogP contribution in [0.15, 0.2) is 54.6 Å². The normalized spacial score (nSPS) is 15.9. The number of aromatic amines is 1. The van der Waals surface area contributed by atoms with Gasteiger partial charge in [0.2, 0.25) is 0 Å². The Morgan fingerprint density at radius 1 is 0.929 bits per heavy atom. The van der Waals surface area contributed by atoms with Crippen molar-refractivity contribution < 1.29 is 4.39 Å². The largest absolute Gasteiger partial charge is 0.382 e. The molecule has 0 amide bonds. The van der Waals surface area contributed by atoms with Gasteiger partial charge >= 0.3 is 0 Å². The number of aromatic nitrogens is 4. The lowest BCUT2D eigenvalue weighted by Gasteiger charge is -2.28. The second-order valence-electron chi connectivity index (χ2n) is 7.47. The van der Waals surface area contributed by atoms with Crippen LogP contribution in [-0.2, 0) is 5.41 Å². The van der Waals surface area contributed by atoms with E-state index in [9.17, 15) is 4.39 Å². The third-order valence-electron chi connectivity index (χ3n) is 5.90. The van der Waals surface area contributed by atoms with Crippen molar-refractivity contribution in [1.29, 1.82) is 0 Å². The van der Waals surface area contributed by atoms with Crippen molar-refractivity contribution >= 4 is 16.7 Å². The average molecular weight is 373 g/mol. The van der Waals surface area contributed by atoms with E-state index in [0.717, 1.165) is 59.1 Å². The zero-order chi connectivity index (χ0) is 19.1. The molecule has 5 rings (SSSR count). The van der Waals surface area contributed by atoms with E-state index < -0.39 is 0 Å². The number of nitrogens with zero attached hydrogens (tertiary/aromatic N) is 3. The first-order valence-electron chi connectivity index (χ1n) is 9.50. The molecule has 3 N–H and O–H groups in total. The van der Waals surface area contributed by atoms with Crippen LogP contribution < -0.4 is 5.73 Å². The van der Waals surface area contributed by atoms with Gasteiger partial charge in [-0.15, -0.1) is 0 Å². The molecule has 0 saturated heterocycles. The lowest BCUT2D eigenvalue weighted by atomic mass is 9.76. The summed E-state index contributed by atoms with van der Waals surface area (Å²) in [5.41, 5.74) is 10.4. The first-order valence-corrected chi connectivity index (χ1v) is 9.50. The number of hydrogen-bond acceptors (Lipinski definition) is 4. The van der Waals surface area contributed by atoms with Gasteiger partial charge in [0.05, 0.1) is 16.9 Å². The quantitative estimate of drug-likeness (QED) is 0.550. The molecular formula is C22H20FN5. The van der Waals surface area contributed by atoms with Crippen LogP contribution in [0.3, 0.4) is 0 Å². The standard InChI is InChI=1S/C22H20FN5/c23-16-6-4-15(5-7-16)22(11-1-2-12-22)20-10-9-18(25-27-20)14-3-8-19-17(13-14)21(24)28-26-19/h3-10,13H,1-2,11-12H2,(H3,24,26,28). The maximum atomic E-state index is 13.4. The smallest absolute Gasteiger partial charge is 0.153 e. The van der Waals surface area contributed by atoms with E-state index in [1.807, 2.05) is 36.4 Å². The fraction of sp³-hybridized carbons (Fsp3) is 0.227. The van der Waals surface area contributed by atoms with Gasteiger partial charge in [-0.25, -0.2) is 4.39 Å². The van der Waals surface area contributed by atoms with Gasteiger partial charge in [0.1, 0.15) is 5.82 Å². The highest BCUT2D eigenvalue weighted by Gasteiger charge is 2.39. The molecule has 1 aliphatic carbocycles. The number of nitrogen functional groups attached to an aromatic ring is 1. The number of H-pyrrole nitrogens is 1. The number of halogens is 1. The molecule has 140 valence electrons. The van der Waals surface area contributed by atoms with Gasteiger partial charge in [-0.3, -0.25) is 5.10 Å². The minimum atomic E-state index is -0.216. The van der Waals surface area contributed by atoms with E-state index in [1.165, 1.54) is 12.1 Å². The fourth-order valence-corrected chi connectivity index (χ4v) is 4.38. The second-order valence-corrected chi connectivity index (χ2v) is 7.47. The molecule has 2 heterocycles. The molecule has 1 aliphatic rings. The van der Waals surface area contributed by atoms with Gasteiger partial charge in [0.15, 0.2) is 5.82 Å². The first-order chi connectivity index (χ1) is 13.7. The predicted molar refractivity (Wildman–Crippen MR) is 107 cm³/mol. The maximum Gasteiger partial charge on any atom is 0.153 e. The summed E-state index contributed by atoms with van der Waals surface area (Å²) in [4.78, 5) is 0. The minimum absolute atomic E-state index is 0.182. The van der Waals surface area contributed by atoms with Crippen LogP contribution in [0, 0.1) is 5.82 Å². The van der Waals surface area contributed by atoms with Crippen LogP contribution in [0.1, 0.15) is 36.9 Å². The Kier molecular flexibility index (Phi) is 3.86. The lowest BCUT2D eigenvalue weighted by Crippen LogP contribution is -2.25. The van der Waals surface area contributed by atoms with Gasteiger partial charge in [-0.1, -0.05) is 31.0 Å². The Morgan fingerprint density at radius 3 is 2.43 bits per heavy atom. The molecule has 0 radical (unpaired) electrons. The minimum Gasteiger partial charge on any atom is -0.382 e. The van der Waals surface area contributed by atoms with Gasteiger partial charge in [0, 0.05) is 16.4 Å². The Labute approximate surface area is 161 Å². The first kappa shape index (κ1) is 16.9. The molecular weight excluding hydrogens is 353 g/mol. The lowest BCUT2D eigenvalue weighted by molar-refractivity contribution is 0.509. The molecule has 28 heavy (non-hydrogen) atoms. The van der Waals surface area contributed by atoms with Crippen LogP contribution in [0.2, 0.25) is 0 Å². The molecule has 0 aliphatic heterocycles. The summed E-state index contributed by atoms with van der Waals surface area (Å²) < 4.78 is 13.4. The van der Waals surface area contributed by atoms with Crippen molar-refractivity contribution in [3.8, 4) is 11.3 Å². The van der Waals surface area contributed by atoms with E-state index in [4.69, 9.17) is 5.73 Å². The van der Waals surface area contributed by atoms with E-state index in [0.29, 0.717) is 5.82 Å². The maximum absolute atomic E-state index is 13.4. The number of fused-ring (bicyclic) bond motifs is 1. The monoisotopic (exact) mass is 373 g/mol. The molecule has 0 bridgehead atoms. The van der Waals surface area contributed by atoms with Gasteiger partial charge < -0.3 is 5.73 Å². The summed E-state index contributed by atoms with van der Waals surface area (Å²) in [6.07, 6.45) is 4.28. The number of nitrogens with one attached hydrogen (secondary N) is 1. The summed E-state index contributed by atoms with van der Waals surface area (Å²) >= 11 is 0. The highest BCUT2D eigenvalue weighted by Crippen LogP contribution is 2.45. The molecule has 2 aromatic carbocycles. The molecule has 6 heteroatoms. The topological polar surface area (TPSA) is 80.5 Å². The zero-order valence-electron chi connectivity index (χ0n) is 15.3. The number of benzene rings is 2. The summed E-state index contributed by atoms with van der Waals surface area (Å²) in [6.45, 7) is 0. The van der Waals surface area contributed by atoms with Crippen molar-refractivity contribution in [2.24, 2.45) is 0 Å². The summed E-state index contributed by atoms with van der Waals surface area (Å²) in [5, 5.41) is 16.9. The van der Waals surface area contributed by atoms with E-state index in [-0.39, 0.29) is 11.2 Å².